The molecule has 0 fully saturated rings. The zero-order chi connectivity index (χ0) is 11.5. The molecule has 0 spiro atoms. The van der Waals surface area contributed by atoms with E-state index in [1.807, 2.05) is 0 Å². The molecule has 0 aliphatic carbocycles. The Morgan fingerprint density at radius 3 is 2.44 bits per heavy atom. The minimum atomic E-state index is 0.835. The third kappa shape index (κ3) is 2.39. The number of aryl methyl sites for hydroxylation is 3. The Hall–Kier alpha value is -1.42. The van der Waals surface area contributed by atoms with Crippen molar-refractivity contribution in [2.24, 2.45) is 0 Å². The van der Waals surface area contributed by atoms with Crippen LogP contribution in [0.3, 0.4) is 0 Å². The average Bonchev–Trinajstić information content (AvgIpc) is 2.68. The number of rotatable bonds is 3. The van der Waals surface area contributed by atoms with Crippen LogP contribution in [0.25, 0.3) is 0 Å². The van der Waals surface area contributed by atoms with Gasteiger partial charge in [-0.25, -0.2) is 0 Å². The first-order chi connectivity index (χ1) is 7.66. The molecule has 0 atom stereocenters. The Morgan fingerprint density at radius 1 is 1.19 bits per heavy atom. The van der Waals surface area contributed by atoms with Crippen molar-refractivity contribution in [3.8, 4) is 0 Å². The molecule has 1 heterocycles. The fraction of sp³-hybridized carbons (Fsp3) is 0.333. The Morgan fingerprint density at radius 2 is 1.88 bits per heavy atom. The Bertz CT molecular complexity index is 454. The van der Waals surface area contributed by atoms with Gasteiger partial charge in [0.25, 0.3) is 0 Å². The van der Waals surface area contributed by atoms with Crippen molar-refractivity contribution in [3.63, 3.8) is 0 Å². The predicted octanol–water partition coefficient (Wildman–Crippen LogP) is 3.08. The lowest BCUT2D eigenvalue weighted by Crippen LogP contribution is -2.02. The van der Waals surface area contributed by atoms with E-state index in [9.17, 15) is 0 Å². The highest BCUT2D eigenvalue weighted by Gasteiger charge is 2.04. The molecule has 0 saturated heterocycles. The minimum Gasteiger partial charge on any atom is -0.370 e. The summed E-state index contributed by atoms with van der Waals surface area (Å²) in [5.74, 6) is 0. The molecular formula is C12H15N3S. The maximum absolute atomic E-state index is 3.82. The molecule has 0 radical (unpaired) electrons. The summed E-state index contributed by atoms with van der Waals surface area (Å²) < 4.78 is 3.82. The van der Waals surface area contributed by atoms with Gasteiger partial charge in [0.05, 0.1) is 6.20 Å². The summed E-state index contributed by atoms with van der Waals surface area (Å²) in [4.78, 5) is 0. The normalized spacial score (nSPS) is 10.4. The number of aromatic nitrogens is 2. The largest absolute Gasteiger partial charge is 0.370 e. The number of hydrogen-bond donors (Lipinski definition) is 1. The van der Waals surface area contributed by atoms with E-state index in [4.69, 9.17) is 0 Å². The zero-order valence-electron chi connectivity index (χ0n) is 9.74. The molecule has 2 rings (SSSR count). The smallest absolute Gasteiger partial charge is 0.130 e. The van der Waals surface area contributed by atoms with E-state index < -0.39 is 0 Å². The first-order valence-corrected chi connectivity index (χ1v) is 6.02. The highest BCUT2D eigenvalue weighted by Crippen LogP contribution is 2.18. The summed E-state index contributed by atoms with van der Waals surface area (Å²) in [6.45, 7) is 7.27. The average molecular weight is 233 g/mol. The van der Waals surface area contributed by atoms with Crippen LogP contribution in [0.15, 0.2) is 18.3 Å². The van der Waals surface area contributed by atoms with Crippen molar-refractivity contribution < 1.29 is 0 Å². The van der Waals surface area contributed by atoms with Gasteiger partial charge >= 0.3 is 0 Å². The van der Waals surface area contributed by atoms with Crippen LogP contribution in [0, 0.1) is 20.8 Å². The third-order valence-electron chi connectivity index (χ3n) is 2.64. The molecule has 0 amide bonds. The maximum Gasteiger partial charge on any atom is 0.130 e. The molecule has 16 heavy (non-hydrogen) atoms. The molecule has 84 valence electrons. The van der Waals surface area contributed by atoms with Crippen molar-refractivity contribution in [1.82, 2.24) is 9.59 Å². The molecular weight excluding hydrogens is 218 g/mol. The highest BCUT2D eigenvalue weighted by molar-refractivity contribution is 7.09. The van der Waals surface area contributed by atoms with Gasteiger partial charge in [0.1, 0.15) is 5.00 Å². The van der Waals surface area contributed by atoms with Crippen molar-refractivity contribution in [3.05, 3.63) is 40.6 Å². The second-order valence-electron chi connectivity index (χ2n) is 4.01. The topological polar surface area (TPSA) is 37.8 Å². The molecule has 3 nitrogen and oxygen atoms in total. The van der Waals surface area contributed by atoms with Gasteiger partial charge in [-0.1, -0.05) is 22.2 Å². The van der Waals surface area contributed by atoms with Crippen molar-refractivity contribution >= 4 is 16.5 Å². The summed E-state index contributed by atoms with van der Waals surface area (Å²) in [7, 11) is 0. The highest BCUT2D eigenvalue weighted by atomic mass is 32.1. The number of nitrogens with one attached hydrogen (secondary N) is 1. The molecule has 4 heteroatoms. The monoisotopic (exact) mass is 233 g/mol. The fourth-order valence-corrected chi connectivity index (χ4v) is 2.32. The van der Waals surface area contributed by atoms with Crippen LogP contribution in [-0.4, -0.2) is 9.59 Å². The summed E-state index contributed by atoms with van der Waals surface area (Å²) in [5, 5.41) is 8.15. The van der Waals surface area contributed by atoms with Gasteiger partial charge in [0.15, 0.2) is 0 Å². The zero-order valence-corrected chi connectivity index (χ0v) is 10.6. The molecule has 1 aromatic heterocycles. The van der Waals surface area contributed by atoms with Crippen LogP contribution in [0.5, 0.6) is 0 Å². The molecule has 0 aliphatic rings. The lowest BCUT2D eigenvalue weighted by atomic mass is 10.00. The first kappa shape index (κ1) is 11.1. The van der Waals surface area contributed by atoms with Crippen molar-refractivity contribution in [2.75, 3.05) is 5.32 Å². The number of benzene rings is 1. The lowest BCUT2D eigenvalue weighted by Gasteiger charge is -2.11. The van der Waals surface area contributed by atoms with E-state index in [1.54, 1.807) is 6.20 Å². The molecule has 0 bridgehead atoms. The van der Waals surface area contributed by atoms with E-state index in [2.05, 4.69) is 47.8 Å². The quantitative estimate of drug-likeness (QED) is 0.885. The summed E-state index contributed by atoms with van der Waals surface area (Å²) in [6, 6.07) is 4.43. The van der Waals surface area contributed by atoms with Gasteiger partial charge in [0.2, 0.25) is 0 Å². The predicted molar refractivity (Wildman–Crippen MR) is 67.9 cm³/mol. The van der Waals surface area contributed by atoms with Crippen LogP contribution in [0.2, 0.25) is 0 Å². The molecule has 2 aromatic rings. The van der Waals surface area contributed by atoms with E-state index in [0.717, 1.165) is 11.5 Å². The SMILES string of the molecule is Cc1cc(C)c(CNc2cnns2)c(C)c1. The molecule has 1 N–H and O–H groups in total. The van der Waals surface area contributed by atoms with Crippen molar-refractivity contribution in [1.29, 1.82) is 0 Å². The number of anilines is 1. The fourth-order valence-electron chi connectivity index (χ4n) is 1.91. The van der Waals surface area contributed by atoms with Gasteiger partial charge < -0.3 is 5.32 Å². The lowest BCUT2D eigenvalue weighted by molar-refractivity contribution is 1.08. The minimum absolute atomic E-state index is 0.835. The molecule has 1 aromatic carbocycles. The van der Waals surface area contributed by atoms with E-state index in [-0.39, 0.29) is 0 Å². The Labute approximate surface area is 99.7 Å². The first-order valence-electron chi connectivity index (χ1n) is 5.25. The van der Waals surface area contributed by atoms with E-state index in [0.29, 0.717) is 0 Å². The van der Waals surface area contributed by atoms with Gasteiger partial charge in [-0.2, -0.15) is 0 Å². The third-order valence-corrected chi connectivity index (χ3v) is 3.26. The summed E-state index contributed by atoms with van der Waals surface area (Å²) in [6.07, 6.45) is 1.75. The summed E-state index contributed by atoms with van der Waals surface area (Å²) in [5.41, 5.74) is 5.35. The standard InChI is InChI=1S/C12H15N3S/c1-8-4-9(2)11(10(3)5-8)6-13-12-7-14-15-16-12/h4-5,7,13H,6H2,1-3H3. The number of nitrogens with zero attached hydrogens (tertiary/aromatic N) is 2. The molecule has 0 unspecified atom stereocenters. The van der Waals surface area contributed by atoms with Gasteiger partial charge in [-0.3, -0.25) is 0 Å². The summed E-state index contributed by atoms with van der Waals surface area (Å²) >= 11 is 1.38. The van der Waals surface area contributed by atoms with Gasteiger partial charge in [-0.05, 0) is 37.5 Å². The molecule has 0 saturated carbocycles. The Kier molecular flexibility index (Phi) is 3.19. The number of hydrogen-bond acceptors (Lipinski definition) is 4. The van der Waals surface area contributed by atoms with Crippen LogP contribution in [-0.2, 0) is 6.54 Å². The van der Waals surface area contributed by atoms with Crippen LogP contribution >= 0.6 is 11.5 Å². The Balaban J connectivity index is 2.15. The van der Waals surface area contributed by atoms with E-state index in [1.165, 1.54) is 33.8 Å². The van der Waals surface area contributed by atoms with Crippen molar-refractivity contribution in [2.45, 2.75) is 27.3 Å². The maximum atomic E-state index is 3.82. The second-order valence-corrected chi connectivity index (χ2v) is 4.80. The molecule has 0 aliphatic heterocycles. The van der Waals surface area contributed by atoms with Crippen LogP contribution < -0.4 is 5.32 Å². The van der Waals surface area contributed by atoms with Crippen LogP contribution in [0.4, 0.5) is 5.00 Å². The van der Waals surface area contributed by atoms with Crippen LogP contribution in [0.1, 0.15) is 22.3 Å². The van der Waals surface area contributed by atoms with E-state index >= 15 is 0 Å². The second kappa shape index (κ2) is 4.61. The van der Waals surface area contributed by atoms with Gasteiger partial charge in [0, 0.05) is 18.1 Å². The van der Waals surface area contributed by atoms with Gasteiger partial charge in [-0.15, -0.1) is 5.10 Å².